The molecular weight excluding hydrogens is 387 g/mol. The minimum atomic E-state index is -4.68. The molecule has 2 rings (SSSR count). The highest BCUT2D eigenvalue weighted by atomic mass is 35.5. The number of benzene rings is 2. The fourth-order valence-corrected chi connectivity index (χ4v) is 2.31. The van der Waals surface area contributed by atoms with E-state index in [2.05, 4.69) is 10.5 Å². The van der Waals surface area contributed by atoms with Crippen molar-refractivity contribution < 1.29 is 22.8 Å². The molecule has 0 radical (unpaired) electrons. The van der Waals surface area contributed by atoms with Gasteiger partial charge in [0.05, 0.1) is 27.8 Å². The molecule has 0 bridgehead atoms. The molecule has 0 aliphatic rings. The van der Waals surface area contributed by atoms with Crippen molar-refractivity contribution in [2.75, 3.05) is 5.43 Å². The normalized spacial score (nSPS) is 11.8. The summed E-state index contributed by atoms with van der Waals surface area (Å²) in [5.41, 5.74) is 0.921. The van der Waals surface area contributed by atoms with Crippen LogP contribution in [0.1, 0.15) is 25.0 Å². The molecule has 27 heavy (non-hydrogen) atoms. The molecule has 0 heterocycles. The third kappa shape index (κ3) is 5.58. The molecule has 0 aliphatic heterocycles. The number of nitrogens with zero attached hydrogens (tertiary/aromatic N) is 2. The van der Waals surface area contributed by atoms with E-state index in [1.54, 1.807) is 18.2 Å². The Labute approximate surface area is 157 Å². The SMILES string of the molecule is CC(C)Oc1ccc(/C=N\Nc2ccc(C(F)(F)F)cc2[N+](=O)[O-])cc1Cl. The molecule has 2 aromatic carbocycles. The number of ether oxygens (including phenoxy) is 1. The van der Waals surface area contributed by atoms with Crippen LogP contribution in [-0.4, -0.2) is 17.2 Å². The Kier molecular flexibility index (Phi) is 6.27. The molecule has 0 amide bonds. The van der Waals surface area contributed by atoms with Crippen molar-refractivity contribution in [3.05, 3.63) is 62.7 Å². The van der Waals surface area contributed by atoms with Crippen LogP contribution in [0.15, 0.2) is 41.5 Å². The van der Waals surface area contributed by atoms with Crippen LogP contribution in [0.4, 0.5) is 24.5 Å². The van der Waals surface area contributed by atoms with Gasteiger partial charge in [0.15, 0.2) is 0 Å². The smallest absolute Gasteiger partial charge is 0.416 e. The highest BCUT2D eigenvalue weighted by Gasteiger charge is 2.33. The van der Waals surface area contributed by atoms with Crippen molar-refractivity contribution >= 4 is 29.2 Å². The first-order valence-corrected chi connectivity index (χ1v) is 8.06. The lowest BCUT2D eigenvalue weighted by Gasteiger charge is -2.11. The molecule has 0 unspecified atom stereocenters. The van der Waals surface area contributed by atoms with Gasteiger partial charge < -0.3 is 4.74 Å². The summed E-state index contributed by atoms with van der Waals surface area (Å²) in [7, 11) is 0. The first-order valence-electron chi connectivity index (χ1n) is 7.69. The van der Waals surface area contributed by atoms with Gasteiger partial charge in [0.1, 0.15) is 11.4 Å². The molecule has 144 valence electrons. The summed E-state index contributed by atoms with van der Waals surface area (Å²) in [6, 6.07) is 7.02. The van der Waals surface area contributed by atoms with Gasteiger partial charge in [-0.1, -0.05) is 11.6 Å². The van der Waals surface area contributed by atoms with Gasteiger partial charge in [-0.3, -0.25) is 15.5 Å². The van der Waals surface area contributed by atoms with Crippen molar-refractivity contribution in [2.24, 2.45) is 5.10 Å². The fraction of sp³-hybridized carbons (Fsp3) is 0.235. The molecule has 0 aliphatic carbocycles. The summed E-state index contributed by atoms with van der Waals surface area (Å²) >= 11 is 6.09. The lowest BCUT2D eigenvalue weighted by Crippen LogP contribution is -2.07. The Bertz CT molecular complexity index is 870. The second-order valence-electron chi connectivity index (χ2n) is 5.71. The molecule has 0 saturated carbocycles. The first-order chi connectivity index (χ1) is 12.6. The van der Waals surface area contributed by atoms with Crippen LogP contribution >= 0.6 is 11.6 Å². The highest BCUT2D eigenvalue weighted by Crippen LogP contribution is 2.35. The predicted molar refractivity (Wildman–Crippen MR) is 96.5 cm³/mol. The number of alkyl halides is 3. The molecule has 2 aromatic rings. The van der Waals surface area contributed by atoms with Crippen LogP contribution in [0.5, 0.6) is 5.75 Å². The lowest BCUT2D eigenvalue weighted by atomic mass is 10.1. The number of nitrogens with one attached hydrogen (secondary N) is 1. The minimum absolute atomic E-state index is 0.0519. The Morgan fingerprint density at radius 1 is 1.26 bits per heavy atom. The summed E-state index contributed by atoms with van der Waals surface area (Å²) in [6.07, 6.45) is -3.40. The second-order valence-corrected chi connectivity index (χ2v) is 6.12. The minimum Gasteiger partial charge on any atom is -0.489 e. The molecule has 0 atom stereocenters. The van der Waals surface area contributed by atoms with Gasteiger partial charge in [-0.05, 0) is 49.7 Å². The number of nitro groups is 1. The zero-order valence-corrected chi connectivity index (χ0v) is 15.0. The molecule has 1 N–H and O–H groups in total. The van der Waals surface area contributed by atoms with Crippen molar-refractivity contribution in [3.63, 3.8) is 0 Å². The second kappa shape index (κ2) is 8.26. The molecule has 0 fully saturated rings. The van der Waals surface area contributed by atoms with Crippen molar-refractivity contribution in [3.8, 4) is 5.75 Å². The average molecular weight is 402 g/mol. The fourth-order valence-electron chi connectivity index (χ4n) is 2.08. The monoisotopic (exact) mass is 401 g/mol. The van der Waals surface area contributed by atoms with Gasteiger partial charge in [0.25, 0.3) is 5.69 Å². The van der Waals surface area contributed by atoms with Crippen LogP contribution in [0.3, 0.4) is 0 Å². The summed E-state index contributed by atoms with van der Waals surface area (Å²) in [6.45, 7) is 3.71. The average Bonchev–Trinajstić information content (AvgIpc) is 2.56. The van der Waals surface area contributed by atoms with E-state index in [4.69, 9.17) is 16.3 Å². The molecule has 6 nitrogen and oxygen atoms in total. The van der Waals surface area contributed by atoms with Crippen LogP contribution in [0.25, 0.3) is 0 Å². The van der Waals surface area contributed by atoms with Gasteiger partial charge in [-0.15, -0.1) is 0 Å². The van der Waals surface area contributed by atoms with Crippen molar-refractivity contribution in [1.29, 1.82) is 0 Å². The summed E-state index contributed by atoms with van der Waals surface area (Å²) in [4.78, 5) is 10.1. The van der Waals surface area contributed by atoms with Gasteiger partial charge in [-0.25, -0.2) is 0 Å². The van der Waals surface area contributed by atoms with E-state index in [1.165, 1.54) is 6.21 Å². The number of hydrogen-bond donors (Lipinski definition) is 1. The third-order valence-corrected chi connectivity index (χ3v) is 3.53. The van der Waals surface area contributed by atoms with E-state index in [9.17, 15) is 23.3 Å². The zero-order chi connectivity index (χ0) is 20.2. The van der Waals surface area contributed by atoms with Gasteiger partial charge >= 0.3 is 6.18 Å². The summed E-state index contributed by atoms with van der Waals surface area (Å²) in [5, 5.41) is 15.2. The standard InChI is InChI=1S/C17H15ClF3N3O3/c1-10(2)27-16-6-3-11(7-13(16)18)9-22-23-14-5-4-12(17(19,20)21)8-15(14)24(25)26/h3-10,23H,1-2H3/b22-9-. The van der Waals surface area contributed by atoms with E-state index in [0.29, 0.717) is 22.4 Å². The molecule has 0 saturated heterocycles. The van der Waals surface area contributed by atoms with Crippen LogP contribution in [-0.2, 0) is 6.18 Å². The number of anilines is 1. The largest absolute Gasteiger partial charge is 0.489 e. The molecule has 10 heteroatoms. The number of halogens is 4. The molecule has 0 spiro atoms. The van der Waals surface area contributed by atoms with E-state index >= 15 is 0 Å². The maximum atomic E-state index is 12.7. The Balaban J connectivity index is 2.18. The quantitative estimate of drug-likeness (QED) is 0.394. The molecule has 0 aromatic heterocycles. The lowest BCUT2D eigenvalue weighted by molar-refractivity contribution is -0.384. The predicted octanol–water partition coefficient (Wildman–Crippen LogP) is 5.50. The summed E-state index contributed by atoms with van der Waals surface area (Å²) in [5.74, 6) is 0.496. The number of rotatable bonds is 6. The molecular formula is C17H15ClF3N3O3. The number of hydrogen-bond acceptors (Lipinski definition) is 5. The number of hydrazone groups is 1. The maximum Gasteiger partial charge on any atom is 0.416 e. The topological polar surface area (TPSA) is 76.8 Å². The van der Waals surface area contributed by atoms with E-state index in [1.807, 2.05) is 13.8 Å². The number of nitro benzene ring substituents is 1. The maximum absolute atomic E-state index is 12.7. The highest BCUT2D eigenvalue weighted by molar-refractivity contribution is 6.32. The first kappa shape index (κ1) is 20.5. The van der Waals surface area contributed by atoms with Crippen LogP contribution < -0.4 is 10.2 Å². The van der Waals surface area contributed by atoms with Gasteiger partial charge in [0, 0.05) is 6.07 Å². The van der Waals surface area contributed by atoms with Crippen LogP contribution in [0, 0.1) is 10.1 Å². The Morgan fingerprint density at radius 2 is 1.96 bits per heavy atom. The van der Waals surface area contributed by atoms with E-state index in [0.717, 1.165) is 12.1 Å². The van der Waals surface area contributed by atoms with Crippen molar-refractivity contribution in [2.45, 2.75) is 26.1 Å². The van der Waals surface area contributed by atoms with E-state index < -0.39 is 22.4 Å². The summed E-state index contributed by atoms with van der Waals surface area (Å²) < 4.78 is 43.6. The Hall–Kier alpha value is -2.81. The third-order valence-electron chi connectivity index (χ3n) is 3.24. The van der Waals surface area contributed by atoms with Crippen LogP contribution in [0.2, 0.25) is 5.02 Å². The van der Waals surface area contributed by atoms with Crippen molar-refractivity contribution in [1.82, 2.24) is 0 Å². The Morgan fingerprint density at radius 3 is 2.52 bits per heavy atom. The van der Waals surface area contributed by atoms with Gasteiger partial charge in [0.2, 0.25) is 0 Å². The van der Waals surface area contributed by atoms with Gasteiger partial charge in [-0.2, -0.15) is 18.3 Å². The van der Waals surface area contributed by atoms with E-state index in [-0.39, 0.29) is 11.8 Å². The zero-order valence-electron chi connectivity index (χ0n) is 14.2.